The Morgan fingerprint density at radius 2 is 1.61 bits per heavy atom. The number of aliphatic carboxylic acids is 2. The van der Waals surface area contributed by atoms with Crippen molar-refractivity contribution in [1.29, 1.82) is 0 Å². The molecule has 1 heterocycles. The lowest BCUT2D eigenvalue weighted by molar-refractivity contribution is -0.158. The normalized spacial score (nSPS) is 14.3. The van der Waals surface area contributed by atoms with E-state index in [2.05, 4.69) is 4.98 Å². The minimum Gasteiger partial charge on any atom is -0.481 e. The molecule has 210 valence electrons. The van der Waals surface area contributed by atoms with E-state index in [-0.39, 0.29) is 18.5 Å². The number of carboxylic acids is 2. The minimum absolute atomic E-state index is 0.205. The fraction of sp³-hybridized carbons (Fsp3) is 0.545. The number of nitrogens with two attached hydrogens (primary N) is 4. The van der Waals surface area contributed by atoms with Gasteiger partial charge in [-0.3, -0.25) is 38.2 Å². The highest BCUT2D eigenvalue weighted by Gasteiger charge is 2.38. The number of imide groups is 1. The van der Waals surface area contributed by atoms with Gasteiger partial charge in [0.15, 0.2) is 5.82 Å². The van der Waals surface area contributed by atoms with Gasteiger partial charge in [0.2, 0.25) is 29.4 Å². The summed E-state index contributed by atoms with van der Waals surface area (Å²) in [6, 6.07) is -5.98. The predicted molar refractivity (Wildman–Crippen MR) is 129 cm³/mol. The quantitative estimate of drug-likeness (QED) is 0.133. The van der Waals surface area contributed by atoms with Crippen LogP contribution in [0.4, 0.5) is 0 Å². The Hall–Kier alpha value is -4.02. The molecule has 1 rings (SSSR count). The molecule has 16 nitrogen and oxygen atoms in total. The summed E-state index contributed by atoms with van der Waals surface area (Å²) in [5.41, 5.74) is 22.2. The Balaban J connectivity index is 3.55. The van der Waals surface area contributed by atoms with Crippen molar-refractivity contribution >= 4 is 41.4 Å². The Bertz CT molecular complexity index is 1110. The number of rotatable bonds is 14. The van der Waals surface area contributed by atoms with Gasteiger partial charge in [0.05, 0.1) is 30.2 Å². The zero-order valence-corrected chi connectivity index (χ0v) is 21.2. The van der Waals surface area contributed by atoms with Gasteiger partial charge in [-0.05, 0) is 12.3 Å². The van der Waals surface area contributed by atoms with E-state index in [9.17, 15) is 38.7 Å². The van der Waals surface area contributed by atoms with E-state index in [4.69, 9.17) is 28.0 Å². The third-order valence-corrected chi connectivity index (χ3v) is 5.54. The van der Waals surface area contributed by atoms with E-state index < -0.39 is 90.1 Å². The summed E-state index contributed by atoms with van der Waals surface area (Å²) < 4.78 is 0.633. The second kappa shape index (κ2) is 13.5. The third-order valence-electron chi connectivity index (χ3n) is 5.54. The summed E-state index contributed by atoms with van der Waals surface area (Å²) in [6.45, 7) is 4.17. The van der Waals surface area contributed by atoms with Crippen LogP contribution in [0, 0.1) is 5.92 Å². The zero-order chi connectivity index (χ0) is 29.5. The lowest BCUT2D eigenvalue weighted by Crippen LogP contribution is -2.55. The molecule has 0 saturated carbocycles. The molecule has 0 aliphatic heterocycles. The number of aromatic nitrogens is 2. The summed E-state index contributed by atoms with van der Waals surface area (Å²) >= 11 is 0. The minimum atomic E-state index is -1.82. The average Bonchev–Trinajstić information content (AvgIpc) is 3.23. The van der Waals surface area contributed by atoms with Crippen molar-refractivity contribution in [3.05, 3.63) is 17.7 Å². The SMILES string of the molecule is CC(=O)N(C(=O)C(N)C(C)C)C(Cc1cn(C(=O)C(N)CC(=O)O)c(C(=O)C(N)CCC(N)=O)n1)C(=O)O. The molecular weight excluding hydrogens is 506 g/mol. The molecule has 0 radical (unpaired) electrons. The molecule has 0 spiro atoms. The predicted octanol–water partition coefficient (Wildman–Crippen LogP) is -2.55. The fourth-order valence-electron chi connectivity index (χ4n) is 3.38. The first-order valence-corrected chi connectivity index (χ1v) is 11.5. The molecule has 3 amide bonds. The molecule has 10 N–H and O–H groups in total. The van der Waals surface area contributed by atoms with Crippen LogP contribution >= 0.6 is 0 Å². The van der Waals surface area contributed by atoms with Crippen molar-refractivity contribution in [2.24, 2.45) is 28.9 Å². The first kappa shape index (κ1) is 32.0. The van der Waals surface area contributed by atoms with Crippen LogP contribution < -0.4 is 22.9 Å². The lowest BCUT2D eigenvalue weighted by atomic mass is 10.0. The van der Waals surface area contributed by atoms with E-state index in [0.29, 0.717) is 9.47 Å². The lowest BCUT2D eigenvalue weighted by Gasteiger charge is -2.29. The second-order valence-electron chi connectivity index (χ2n) is 9.00. The van der Waals surface area contributed by atoms with Crippen molar-refractivity contribution in [1.82, 2.24) is 14.5 Å². The summed E-state index contributed by atoms with van der Waals surface area (Å²) in [6.07, 6.45) is -0.968. The van der Waals surface area contributed by atoms with E-state index in [1.165, 1.54) is 0 Å². The molecule has 4 unspecified atom stereocenters. The van der Waals surface area contributed by atoms with Crippen LogP contribution in [-0.4, -0.2) is 90.2 Å². The molecule has 1 aromatic rings. The molecule has 1 aromatic heterocycles. The van der Waals surface area contributed by atoms with Crippen molar-refractivity contribution in [3.8, 4) is 0 Å². The van der Waals surface area contributed by atoms with Gasteiger partial charge in [-0.25, -0.2) is 9.78 Å². The molecule has 0 aliphatic carbocycles. The number of amides is 3. The van der Waals surface area contributed by atoms with Gasteiger partial charge in [0, 0.05) is 26.0 Å². The average molecular weight is 540 g/mol. The Morgan fingerprint density at radius 3 is 2.05 bits per heavy atom. The molecule has 0 saturated heterocycles. The van der Waals surface area contributed by atoms with Gasteiger partial charge in [0.25, 0.3) is 0 Å². The smallest absolute Gasteiger partial charge is 0.327 e. The topological polar surface area (TPSA) is 285 Å². The van der Waals surface area contributed by atoms with E-state index in [0.717, 1.165) is 13.1 Å². The Kier molecular flexibility index (Phi) is 11.4. The zero-order valence-electron chi connectivity index (χ0n) is 21.2. The number of primary amides is 1. The number of hydrogen-bond donors (Lipinski definition) is 6. The largest absolute Gasteiger partial charge is 0.481 e. The maximum Gasteiger partial charge on any atom is 0.327 e. The standard InChI is InChI=1S/C22H33N7O9/c1-9(2)17(26)21(36)29(10(3)30)14(22(37)38)6-11-8-28(20(35)13(24)7-16(32)33)19(27-11)18(34)12(23)4-5-15(25)31/h8-9,12-14,17H,4-7,23-24,26H2,1-3H3,(H2,25,31)(H,32,33)(H,37,38). The van der Waals surface area contributed by atoms with E-state index in [1.807, 2.05) is 0 Å². The molecule has 0 aliphatic rings. The number of Topliss-reactive ketones (excluding diaryl/α,β-unsaturated/α-hetero) is 1. The Morgan fingerprint density at radius 1 is 1.03 bits per heavy atom. The maximum absolute atomic E-state index is 13.0. The van der Waals surface area contributed by atoms with Crippen molar-refractivity contribution < 1.29 is 43.8 Å². The summed E-state index contributed by atoms with van der Waals surface area (Å²) in [5, 5.41) is 18.8. The maximum atomic E-state index is 13.0. The molecule has 38 heavy (non-hydrogen) atoms. The first-order chi connectivity index (χ1) is 17.5. The molecule has 0 fully saturated rings. The number of carboxylic acid groups (broad SMARTS) is 2. The number of carbonyl (C=O) groups is 7. The summed E-state index contributed by atoms with van der Waals surface area (Å²) in [4.78, 5) is 89.5. The fourth-order valence-corrected chi connectivity index (χ4v) is 3.38. The van der Waals surface area contributed by atoms with Crippen LogP contribution in [0.5, 0.6) is 0 Å². The van der Waals surface area contributed by atoms with Crippen LogP contribution in [0.2, 0.25) is 0 Å². The van der Waals surface area contributed by atoms with Crippen molar-refractivity contribution in [3.63, 3.8) is 0 Å². The van der Waals surface area contributed by atoms with Gasteiger partial charge in [-0.15, -0.1) is 0 Å². The van der Waals surface area contributed by atoms with E-state index in [1.54, 1.807) is 13.8 Å². The van der Waals surface area contributed by atoms with Crippen molar-refractivity contribution in [2.75, 3.05) is 0 Å². The highest BCUT2D eigenvalue weighted by atomic mass is 16.4. The van der Waals surface area contributed by atoms with Crippen molar-refractivity contribution in [2.45, 2.75) is 70.6 Å². The monoisotopic (exact) mass is 539 g/mol. The number of nitrogens with zero attached hydrogens (tertiary/aromatic N) is 3. The number of hydrogen-bond acceptors (Lipinski definition) is 11. The van der Waals surface area contributed by atoms with Gasteiger partial charge in [-0.2, -0.15) is 0 Å². The molecule has 4 atom stereocenters. The third kappa shape index (κ3) is 8.25. The van der Waals surface area contributed by atoms with Crippen LogP contribution in [0.3, 0.4) is 0 Å². The summed E-state index contributed by atoms with van der Waals surface area (Å²) in [5.74, 6) is -8.66. The Labute approximate surface area is 217 Å². The van der Waals surface area contributed by atoms with Crippen LogP contribution in [-0.2, 0) is 30.4 Å². The highest BCUT2D eigenvalue weighted by Crippen LogP contribution is 2.16. The van der Waals surface area contributed by atoms with Gasteiger partial charge in [0.1, 0.15) is 6.04 Å². The van der Waals surface area contributed by atoms with Crippen LogP contribution in [0.25, 0.3) is 0 Å². The van der Waals surface area contributed by atoms with Crippen LogP contribution in [0.1, 0.15) is 61.1 Å². The molecular formula is C22H33N7O9. The van der Waals surface area contributed by atoms with Gasteiger partial charge in [-0.1, -0.05) is 13.8 Å². The first-order valence-electron chi connectivity index (χ1n) is 11.5. The van der Waals surface area contributed by atoms with Crippen LogP contribution in [0.15, 0.2) is 6.20 Å². The van der Waals surface area contributed by atoms with E-state index >= 15 is 0 Å². The molecule has 0 bridgehead atoms. The number of imidazole rings is 1. The van der Waals surface area contributed by atoms with Gasteiger partial charge < -0.3 is 33.1 Å². The molecule has 0 aromatic carbocycles. The summed E-state index contributed by atoms with van der Waals surface area (Å²) in [7, 11) is 0. The number of ketones is 1. The molecule has 16 heteroatoms. The second-order valence-corrected chi connectivity index (χ2v) is 9.00. The van der Waals surface area contributed by atoms with Gasteiger partial charge >= 0.3 is 11.9 Å². The highest BCUT2D eigenvalue weighted by molar-refractivity contribution is 6.02. The number of carbonyl (C=O) groups excluding carboxylic acids is 5.